The van der Waals surface area contributed by atoms with Gasteiger partial charge in [0, 0.05) is 5.56 Å². The molecular weight excluding hydrogens is 326 g/mol. The monoisotopic (exact) mass is 349 g/mol. The number of hydrogen-bond donors (Lipinski definition) is 0. The molecule has 5 nitrogen and oxygen atoms in total. The molecule has 0 N–H and O–H groups in total. The van der Waals surface area contributed by atoms with Crippen LogP contribution >= 0.6 is 0 Å². The minimum Gasteiger partial charge on any atom is -0.487 e. The van der Waals surface area contributed by atoms with E-state index in [0.29, 0.717) is 24.5 Å². The van der Waals surface area contributed by atoms with E-state index in [9.17, 15) is 4.79 Å². The molecule has 0 aliphatic carbocycles. The summed E-state index contributed by atoms with van der Waals surface area (Å²) in [5.74, 6) is 0.746. The second-order valence-electron chi connectivity index (χ2n) is 6.63. The van der Waals surface area contributed by atoms with E-state index in [2.05, 4.69) is 43.2 Å². The fourth-order valence-electron chi connectivity index (χ4n) is 2.83. The highest BCUT2D eigenvalue weighted by Crippen LogP contribution is 2.17. The molecule has 1 heterocycles. The minimum absolute atomic E-state index is 0.0427. The molecule has 0 unspecified atom stereocenters. The van der Waals surface area contributed by atoms with Crippen LogP contribution in [-0.2, 0) is 13.2 Å². The van der Waals surface area contributed by atoms with Gasteiger partial charge in [0.15, 0.2) is 5.78 Å². The lowest BCUT2D eigenvalue weighted by atomic mass is 10.0. The Kier molecular flexibility index (Phi) is 5.16. The van der Waals surface area contributed by atoms with Crippen molar-refractivity contribution >= 4 is 5.78 Å². The van der Waals surface area contributed by atoms with Gasteiger partial charge in [-0.25, -0.2) is 4.68 Å². The zero-order chi connectivity index (χ0) is 18.7. The summed E-state index contributed by atoms with van der Waals surface area (Å²) in [5, 5.41) is 8.35. The molecule has 0 saturated carbocycles. The first-order chi connectivity index (χ1) is 12.4. The van der Waals surface area contributed by atoms with Gasteiger partial charge in [0.05, 0.1) is 12.7 Å². The third-order valence-electron chi connectivity index (χ3n) is 4.57. The number of aromatic nitrogens is 3. The quantitative estimate of drug-likeness (QED) is 0.630. The number of aryl methyl sites for hydroxylation is 2. The number of benzene rings is 2. The molecule has 0 bridgehead atoms. The third kappa shape index (κ3) is 4.17. The average Bonchev–Trinajstić information content (AvgIpc) is 3.05. The Morgan fingerprint density at radius 3 is 2.35 bits per heavy atom. The average molecular weight is 349 g/mol. The van der Waals surface area contributed by atoms with Gasteiger partial charge in [0.1, 0.15) is 18.1 Å². The number of hydrogen-bond acceptors (Lipinski definition) is 4. The Balaban J connectivity index is 1.62. The zero-order valence-corrected chi connectivity index (χ0v) is 15.6. The van der Waals surface area contributed by atoms with E-state index in [1.807, 2.05) is 10.9 Å². The Morgan fingerprint density at radius 1 is 1.08 bits per heavy atom. The van der Waals surface area contributed by atoms with Crippen molar-refractivity contribution in [2.45, 2.75) is 40.8 Å². The molecule has 0 fully saturated rings. The summed E-state index contributed by atoms with van der Waals surface area (Å²) in [6.45, 7) is 8.97. The second kappa shape index (κ2) is 7.52. The number of Topliss-reactive ketones (excluding diaryl/α,β-unsaturated/α-hetero) is 1. The lowest BCUT2D eigenvalue weighted by Gasteiger charge is -2.08. The molecule has 0 aliphatic heterocycles. The maximum Gasteiger partial charge on any atom is 0.159 e. The minimum atomic E-state index is 0.0427. The first kappa shape index (κ1) is 17.9. The van der Waals surface area contributed by atoms with Crippen LogP contribution in [0, 0.1) is 20.8 Å². The summed E-state index contributed by atoms with van der Waals surface area (Å²) in [4.78, 5) is 11.3. The van der Waals surface area contributed by atoms with Gasteiger partial charge >= 0.3 is 0 Å². The molecule has 0 radical (unpaired) electrons. The fraction of sp³-hybridized carbons (Fsp3) is 0.286. The number of nitrogens with zero attached hydrogens (tertiary/aromatic N) is 3. The van der Waals surface area contributed by atoms with Crippen molar-refractivity contribution < 1.29 is 9.53 Å². The van der Waals surface area contributed by atoms with Gasteiger partial charge < -0.3 is 4.74 Å². The van der Waals surface area contributed by atoms with Gasteiger partial charge in [0.25, 0.3) is 0 Å². The molecule has 0 spiro atoms. The molecular formula is C21H23N3O2. The summed E-state index contributed by atoms with van der Waals surface area (Å²) in [5.41, 5.74) is 6.56. The second-order valence-corrected chi connectivity index (χ2v) is 6.63. The number of ketones is 1. The van der Waals surface area contributed by atoms with Crippen molar-refractivity contribution in [3.63, 3.8) is 0 Å². The Hall–Kier alpha value is -2.95. The van der Waals surface area contributed by atoms with E-state index in [1.165, 1.54) is 22.3 Å². The van der Waals surface area contributed by atoms with Crippen LogP contribution < -0.4 is 4.74 Å². The van der Waals surface area contributed by atoms with Gasteiger partial charge in [-0.2, -0.15) is 0 Å². The van der Waals surface area contributed by atoms with Crippen molar-refractivity contribution in [1.29, 1.82) is 0 Å². The number of carbonyl (C=O) groups is 1. The maximum atomic E-state index is 11.3. The molecule has 3 rings (SSSR count). The van der Waals surface area contributed by atoms with Crippen LogP contribution in [-0.4, -0.2) is 20.8 Å². The van der Waals surface area contributed by atoms with Crippen LogP contribution in [0.15, 0.2) is 42.6 Å². The fourth-order valence-corrected chi connectivity index (χ4v) is 2.83. The lowest BCUT2D eigenvalue weighted by Crippen LogP contribution is -2.02. The molecule has 0 saturated heterocycles. The molecule has 0 amide bonds. The Labute approximate surface area is 153 Å². The summed E-state index contributed by atoms with van der Waals surface area (Å²) in [7, 11) is 0. The highest BCUT2D eigenvalue weighted by atomic mass is 16.5. The topological polar surface area (TPSA) is 57.0 Å². The Bertz CT molecular complexity index is 904. The smallest absolute Gasteiger partial charge is 0.159 e. The molecule has 3 aromatic rings. The van der Waals surface area contributed by atoms with Crippen molar-refractivity contribution in [1.82, 2.24) is 15.0 Å². The third-order valence-corrected chi connectivity index (χ3v) is 4.57. The van der Waals surface area contributed by atoms with E-state index in [4.69, 9.17) is 4.74 Å². The van der Waals surface area contributed by atoms with Gasteiger partial charge in [-0.3, -0.25) is 4.79 Å². The lowest BCUT2D eigenvalue weighted by molar-refractivity contribution is 0.101. The van der Waals surface area contributed by atoms with E-state index >= 15 is 0 Å². The van der Waals surface area contributed by atoms with E-state index in [-0.39, 0.29) is 5.78 Å². The van der Waals surface area contributed by atoms with E-state index < -0.39 is 0 Å². The maximum absolute atomic E-state index is 11.3. The van der Waals surface area contributed by atoms with Crippen LogP contribution in [0.2, 0.25) is 0 Å². The summed E-state index contributed by atoms with van der Waals surface area (Å²) in [6, 6.07) is 11.5. The van der Waals surface area contributed by atoms with Crippen molar-refractivity contribution in [2.75, 3.05) is 0 Å². The van der Waals surface area contributed by atoms with Crippen LogP contribution in [0.25, 0.3) is 0 Å². The van der Waals surface area contributed by atoms with Crippen molar-refractivity contribution in [3.8, 4) is 5.75 Å². The molecule has 134 valence electrons. The first-order valence-corrected chi connectivity index (χ1v) is 8.62. The van der Waals surface area contributed by atoms with Crippen molar-refractivity contribution in [3.05, 3.63) is 76.1 Å². The van der Waals surface area contributed by atoms with Crippen molar-refractivity contribution in [2.24, 2.45) is 0 Å². The molecule has 0 aliphatic rings. The SMILES string of the molecule is CC(=O)c1ccc(OCc2cn(Cc3cc(C)c(C)c(C)c3)nn2)cc1. The summed E-state index contributed by atoms with van der Waals surface area (Å²) < 4.78 is 7.54. The summed E-state index contributed by atoms with van der Waals surface area (Å²) in [6.07, 6.45) is 1.90. The van der Waals surface area contributed by atoms with E-state index in [1.54, 1.807) is 31.2 Å². The van der Waals surface area contributed by atoms with Crippen LogP contribution in [0.1, 0.15) is 45.2 Å². The molecule has 0 atom stereocenters. The Morgan fingerprint density at radius 2 is 1.73 bits per heavy atom. The highest BCUT2D eigenvalue weighted by molar-refractivity contribution is 5.94. The number of carbonyl (C=O) groups excluding carboxylic acids is 1. The largest absolute Gasteiger partial charge is 0.487 e. The predicted octanol–water partition coefficient (Wildman–Crippen LogP) is 4.03. The van der Waals surface area contributed by atoms with Gasteiger partial charge in [-0.15, -0.1) is 5.10 Å². The van der Waals surface area contributed by atoms with Gasteiger partial charge in [-0.1, -0.05) is 17.3 Å². The number of ether oxygens (including phenoxy) is 1. The van der Waals surface area contributed by atoms with Gasteiger partial charge in [-0.05, 0) is 74.2 Å². The molecule has 1 aromatic heterocycles. The predicted molar refractivity (Wildman–Crippen MR) is 101 cm³/mol. The number of rotatable bonds is 6. The normalized spacial score (nSPS) is 10.8. The van der Waals surface area contributed by atoms with Crippen LogP contribution in [0.3, 0.4) is 0 Å². The summed E-state index contributed by atoms with van der Waals surface area (Å²) >= 11 is 0. The molecule has 2 aromatic carbocycles. The molecule has 26 heavy (non-hydrogen) atoms. The standard InChI is InChI=1S/C21H23N3O2/c1-14-9-18(10-15(2)16(14)3)11-24-12-20(22-23-24)13-26-21-7-5-19(6-8-21)17(4)25/h5-10,12H,11,13H2,1-4H3. The van der Waals surface area contributed by atoms with E-state index in [0.717, 1.165) is 5.69 Å². The zero-order valence-electron chi connectivity index (χ0n) is 15.6. The van der Waals surface area contributed by atoms with Crippen LogP contribution in [0.4, 0.5) is 0 Å². The molecule has 5 heteroatoms. The van der Waals surface area contributed by atoms with Gasteiger partial charge in [0.2, 0.25) is 0 Å². The highest BCUT2D eigenvalue weighted by Gasteiger charge is 2.06. The first-order valence-electron chi connectivity index (χ1n) is 8.62. The van der Waals surface area contributed by atoms with Crippen LogP contribution in [0.5, 0.6) is 5.75 Å².